The van der Waals surface area contributed by atoms with Crippen LogP contribution in [0.2, 0.25) is 0 Å². The zero-order chi connectivity index (χ0) is 80.2. The molecular weight excluding hydrogens is 1460 g/mol. The Morgan fingerprint density at radius 1 is 0.128 bits per heavy atom. The SMILES string of the molecule is COc1ccc(N(c2ccc(OC)cc2)c2ccc(-c3ccc([Si](c4ccc(-c5ccc(N(c6ccc(OC)cc6)c6ccc(OC)cc6)cc5)cc4)(c4ccc(-c5ccc(N(c6ccc(OC)cc6)c6ccc(OC)cc6)cc5)cc4)c4ccc(-c5ccc(N(c6ccc(OC)cc6)c6ccc(OC)cc6)cc5)cc4)cc3)cc2)cc1. The van der Waals surface area contributed by atoms with Gasteiger partial charge in [-0.25, -0.2) is 0 Å². The van der Waals surface area contributed by atoms with Gasteiger partial charge in [0.25, 0.3) is 0 Å². The Kier molecular flexibility index (Phi) is 22.7. The van der Waals surface area contributed by atoms with E-state index in [0.717, 1.165) is 159 Å². The molecule has 16 aromatic carbocycles. The van der Waals surface area contributed by atoms with Gasteiger partial charge in [-0.05, 0) is 308 Å². The van der Waals surface area contributed by atoms with E-state index < -0.39 is 8.07 Å². The molecule has 12 nitrogen and oxygen atoms in total. The van der Waals surface area contributed by atoms with Gasteiger partial charge >= 0.3 is 0 Å². The van der Waals surface area contributed by atoms with Crippen LogP contribution in [-0.4, -0.2) is 65.0 Å². The highest BCUT2D eigenvalue weighted by atomic mass is 28.3. The average molecular weight is 1550 g/mol. The van der Waals surface area contributed by atoms with Crippen molar-refractivity contribution < 1.29 is 37.9 Å². The largest absolute Gasteiger partial charge is 0.497 e. The summed E-state index contributed by atoms with van der Waals surface area (Å²) >= 11 is 0. The number of rotatable bonds is 28. The van der Waals surface area contributed by atoms with Crippen molar-refractivity contribution in [2.24, 2.45) is 0 Å². The monoisotopic (exact) mass is 1550 g/mol. The molecule has 0 saturated carbocycles. The van der Waals surface area contributed by atoms with Crippen molar-refractivity contribution in [1.82, 2.24) is 0 Å². The molecule has 16 rings (SSSR count). The highest BCUT2D eigenvalue weighted by Crippen LogP contribution is 2.43. The molecule has 0 saturated heterocycles. The second-order valence-corrected chi connectivity index (χ2v) is 32.0. The molecular formula is C104H88N4O8Si. The van der Waals surface area contributed by atoms with Crippen LogP contribution in [0.3, 0.4) is 0 Å². The predicted molar refractivity (Wildman–Crippen MR) is 483 cm³/mol. The van der Waals surface area contributed by atoms with Crippen molar-refractivity contribution in [1.29, 1.82) is 0 Å². The zero-order valence-electron chi connectivity index (χ0n) is 66.5. The van der Waals surface area contributed by atoms with Gasteiger partial charge in [-0.1, -0.05) is 146 Å². The summed E-state index contributed by atoms with van der Waals surface area (Å²) in [6.45, 7) is 0. The van der Waals surface area contributed by atoms with Crippen LogP contribution in [0.25, 0.3) is 44.5 Å². The molecule has 0 heterocycles. The van der Waals surface area contributed by atoms with E-state index in [4.69, 9.17) is 37.9 Å². The quantitative estimate of drug-likeness (QED) is 0.0346. The molecule has 0 aromatic heterocycles. The molecule has 0 fully saturated rings. The second-order valence-electron chi connectivity index (χ2n) is 28.2. The summed E-state index contributed by atoms with van der Waals surface area (Å²) in [6.07, 6.45) is 0. The van der Waals surface area contributed by atoms with Gasteiger partial charge in [-0.2, -0.15) is 0 Å². The molecule has 0 bridgehead atoms. The fourth-order valence-electron chi connectivity index (χ4n) is 15.5. The molecule has 0 aliphatic heterocycles. The van der Waals surface area contributed by atoms with Crippen LogP contribution in [0.5, 0.6) is 46.0 Å². The van der Waals surface area contributed by atoms with Crippen molar-refractivity contribution >= 4 is 97.1 Å². The Bertz CT molecular complexity index is 4990. The number of nitrogens with zero attached hydrogens (tertiary/aromatic N) is 4. The third-order valence-electron chi connectivity index (χ3n) is 21.8. The molecule has 0 aliphatic rings. The Labute approximate surface area is 686 Å². The smallest absolute Gasteiger partial charge is 0.179 e. The maximum absolute atomic E-state index is 5.59. The Balaban J connectivity index is 0.817. The van der Waals surface area contributed by atoms with Gasteiger partial charge < -0.3 is 57.5 Å². The maximum atomic E-state index is 5.59. The third-order valence-corrected chi connectivity index (χ3v) is 26.5. The topological polar surface area (TPSA) is 86.8 Å². The van der Waals surface area contributed by atoms with Gasteiger partial charge in [0, 0.05) is 68.2 Å². The van der Waals surface area contributed by atoms with E-state index in [2.05, 4.69) is 311 Å². The van der Waals surface area contributed by atoms with Crippen molar-refractivity contribution in [3.63, 3.8) is 0 Å². The van der Waals surface area contributed by atoms with Gasteiger partial charge in [-0.15, -0.1) is 0 Å². The first kappa shape index (κ1) is 76.3. The number of benzene rings is 16. The lowest BCUT2D eigenvalue weighted by atomic mass is 10.0. The molecule has 117 heavy (non-hydrogen) atoms. The van der Waals surface area contributed by atoms with Crippen molar-refractivity contribution in [3.8, 4) is 90.5 Å². The van der Waals surface area contributed by atoms with Crippen LogP contribution >= 0.6 is 0 Å². The summed E-state index contributed by atoms with van der Waals surface area (Å²) in [6, 6.07) is 138. The summed E-state index contributed by atoms with van der Waals surface area (Å²) in [7, 11) is 10.2. The Hall–Kier alpha value is -14.7. The van der Waals surface area contributed by atoms with E-state index in [1.165, 1.54) is 20.7 Å². The molecule has 0 amide bonds. The predicted octanol–water partition coefficient (Wildman–Crippen LogP) is 23.7. The fourth-order valence-corrected chi connectivity index (χ4v) is 20.2. The van der Waals surface area contributed by atoms with Crippen LogP contribution < -0.4 is 78.2 Å². The van der Waals surface area contributed by atoms with E-state index in [9.17, 15) is 0 Å². The number of hydrogen-bond acceptors (Lipinski definition) is 12. The lowest BCUT2D eigenvalue weighted by Crippen LogP contribution is -2.74. The summed E-state index contributed by atoms with van der Waals surface area (Å²) < 4.78 is 44.8. The molecule has 0 N–H and O–H groups in total. The van der Waals surface area contributed by atoms with Crippen LogP contribution in [-0.2, 0) is 0 Å². The normalized spacial score (nSPS) is 11.1. The molecule has 0 atom stereocenters. The molecule has 0 spiro atoms. The minimum atomic E-state index is -3.34. The van der Waals surface area contributed by atoms with Gasteiger partial charge in [-0.3, -0.25) is 0 Å². The molecule has 0 radical (unpaired) electrons. The van der Waals surface area contributed by atoms with Crippen molar-refractivity contribution in [3.05, 3.63) is 388 Å². The van der Waals surface area contributed by atoms with E-state index in [0.29, 0.717) is 0 Å². The number of hydrogen-bond donors (Lipinski definition) is 0. The van der Waals surface area contributed by atoms with Crippen molar-refractivity contribution in [2.75, 3.05) is 76.5 Å². The Morgan fingerprint density at radius 2 is 0.222 bits per heavy atom. The van der Waals surface area contributed by atoms with E-state index in [-0.39, 0.29) is 0 Å². The van der Waals surface area contributed by atoms with Gasteiger partial charge in [0.05, 0.1) is 56.9 Å². The maximum Gasteiger partial charge on any atom is 0.179 e. The first-order valence-corrected chi connectivity index (χ1v) is 40.7. The minimum absolute atomic E-state index is 0.788. The van der Waals surface area contributed by atoms with Crippen LogP contribution in [0.1, 0.15) is 0 Å². The zero-order valence-corrected chi connectivity index (χ0v) is 67.5. The standard InChI is InChI=1S/C104H88N4O8Si/c1-109-93-49-33-85(34-50-93)105(86-35-51-94(110-2)52-36-86)81-25-9-73(10-26-81)77-17-65-101(66-18-77)117(102-67-19-78(20-68-102)74-11-27-82(28-12-74)106(87-37-53-95(111-3)54-38-87)88-39-55-96(112-4)56-40-88,103-69-21-79(22-70-103)75-13-29-83(30-14-75)107(89-41-57-97(113-5)58-42-89)90-43-59-98(114-6)60-44-90)104-71-23-80(24-72-104)76-15-31-84(32-16-76)108(91-45-61-99(115-7)62-46-91)92-47-63-100(116-8)64-48-92/h9-72H,1-8H3. The van der Waals surface area contributed by atoms with E-state index in [1.54, 1.807) is 56.9 Å². The highest BCUT2D eigenvalue weighted by molar-refractivity contribution is 7.20. The van der Waals surface area contributed by atoms with Crippen LogP contribution in [0.4, 0.5) is 68.2 Å². The highest BCUT2D eigenvalue weighted by Gasteiger charge is 2.42. The third kappa shape index (κ3) is 16.1. The Morgan fingerprint density at radius 3 is 0.325 bits per heavy atom. The average Bonchev–Trinajstić information content (AvgIpc) is 0.726. The van der Waals surface area contributed by atoms with Gasteiger partial charge in [0.1, 0.15) is 46.0 Å². The van der Waals surface area contributed by atoms with Crippen LogP contribution in [0, 0.1) is 0 Å². The summed E-state index contributed by atoms with van der Waals surface area (Å²) in [5.74, 6) is 6.30. The second kappa shape index (κ2) is 34.8. The number of anilines is 12. The molecule has 0 aliphatic carbocycles. The summed E-state index contributed by atoms with van der Waals surface area (Å²) in [4.78, 5) is 8.99. The van der Waals surface area contributed by atoms with Gasteiger partial charge in [0.15, 0.2) is 8.07 Å². The first-order valence-electron chi connectivity index (χ1n) is 38.7. The molecule has 13 heteroatoms. The summed E-state index contributed by atoms with van der Waals surface area (Å²) in [5, 5.41) is 4.91. The molecule has 16 aromatic rings. The minimum Gasteiger partial charge on any atom is -0.497 e. The molecule has 576 valence electrons. The fraction of sp³-hybridized carbons (Fsp3) is 0.0769. The molecule has 0 unspecified atom stereocenters. The van der Waals surface area contributed by atoms with Crippen molar-refractivity contribution in [2.45, 2.75) is 0 Å². The number of ether oxygens (including phenoxy) is 8. The van der Waals surface area contributed by atoms with Gasteiger partial charge in [0.2, 0.25) is 0 Å². The van der Waals surface area contributed by atoms with Crippen LogP contribution in [0.15, 0.2) is 388 Å². The lowest BCUT2D eigenvalue weighted by Gasteiger charge is -2.35. The lowest BCUT2D eigenvalue weighted by molar-refractivity contribution is 0.414. The van der Waals surface area contributed by atoms with E-state index in [1.807, 2.05) is 97.1 Å². The first-order chi connectivity index (χ1) is 57.5. The summed E-state index contributed by atoms with van der Waals surface area (Å²) in [5.41, 5.74) is 20.7. The number of methoxy groups -OCH3 is 8. The van der Waals surface area contributed by atoms with E-state index >= 15 is 0 Å².